The fourth-order valence-corrected chi connectivity index (χ4v) is 4.83. The standard InChI is InChI=1S/C27H29F3N4O4/c1-16-3-5-19(6-4-16)24(35)17(2)21-8-7-20(14-22(21)26(36)37)38-25-23(27(28,29)30)13-18(15-31-25)9-12-34-32-10-11-33-34/h7-8,10-11,13-17,19H,3-6,9,12H2,1-2H3,(H,36,37)/t16?,17-,19?/m1/s1. The number of Topliss-reactive ketones (excluding diaryl/α,β-unsaturated/α-hetero) is 1. The van der Waals surface area contributed by atoms with Gasteiger partial charge in [-0.2, -0.15) is 28.2 Å². The minimum atomic E-state index is -4.75. The van der Waals surface area contributed by atoms with E-state index >= 15 is 0 Å². The van der Waals surface area contributed by atoms with Crippen LogP contribution in [-0.4, -0.2) is 36.8 Å². The number of halogens is 3. The molecule has 1 aliphatic carbocycles. The van der Waals surface area contributed by atoms with Gasteiger partial charge in [-0.15, -0.1) is 0 Å². The number of pyridine rings is 1. The predicted octanol–water partition coefficient (Wildman–Crippen LogP) is 5.92. The number of aromatic carboxylic acids is 1. The molecule has 1 N–H and O–H groups in total. The molecule has 11 heteroatoms. The number of hydrogen-bond donors (Lipinski definition) is 1. The number of carbonyl (C=O) groups excluding carboxylic acids is 1. The molecule has 0 radical (unpaired) electrons. The summed E-state index contributed by atoms with van der Waals surface area (Å²) in [7, 11) is 0. The SMILES string of the molecule is CC1CCC(C(=O)[C@H](C)c2ccc(Oc3ncc(CCn4nccn4)cc3C(F)(F)F)cc2C(=O)O)CC1. The fourth-order valence-electron chi connectivity index (χ4n) is 4.83. The van der Waals surface area contributed by atoms with Crippen LogP contribution in [0, 0.1) is 11.8 Å². The maximum Gasteiger partial charge on any atom is 0.421 e. The fraction of sp³-hybridized carbons (Fsp3) is 0.444. The molecular weight excluding hydrogens is 501 g/mol. The van der Waals surface area contributed by atoms with Crippen molar-refractivity contribution >= 4 is 11.8 Å². The molecule has 1 saturated carbocycles. The molecule has 1 aliphatic rings. The molecule has 38 heavy (non-hydrogen) atoms. The van der Waals surface area contributed by atoms with E-state index in [-0.39, 0.29) is 36.0 Å². The second-order valence-electron chi connectivity index (χ2n) is 9.81. The Morgan fingerprint density at radius 1 is 1.13 bits per heavy atom. The van der Waals surface area contributed by atoms with E-state index in [0.717, 1.165) is 37.8 Å². The molecule has 0 amide bonds. The molecule has 0 aliphatic heterocycles. The molecular formula is C27H29F3N4O4. The van der Waals surface area contributed by atoms with E-state index in [0.29, 0.717) is 17.0 Å². The predicted molar refractivity (Wildman–Crippen MR) is 131 cm³/mol. The average Bonchev–Trinajstić information content (AvgIpc) is 3.41. The Balaban J connectivity index is 1.56. The minimum Gasteiger partial charge on any atom is -0.478 e. The summed E-state index contributed by atoms with van der Waals surface area (Å²) in [6.45, 7) is 4.09. The van der Waals surface area contributed by atoms with Crippen LogP contribution in [0.25, 0.3) is 0 Å². The van der Waals surface area contributed by atoms with Gasteiger partial charge < -0.3 is 9.84 Å². The molecule has 0 unspecified atom stereocenters. The summed E-state index contributed by atoms with van der Waals surface area (Å²) in [5, 5.41) is 17.7. The Labute approximate surface area is 217 Å². The van der Waals surface area contributed by atoms with Crippen molar-refractivity contribution in [3.8, 4) is 11.6 Å². The average molecular weight is 531 g/mol. The lowest BCUT2D eigenvalue weighted by molar-refractivity contribution is -0.139. The number of aromatic nitrogens is 4. The number of aryl methyl sites for hydroxylation is 2. The minimum absolute atomic E-state index is 0.0185. The van der Waals surface area contributed by atoms with Crippen molar-refractivity contribution in [2.24, 2.45) is 11.8 Å². The molecule has 1 atom stereocenters. The quantitative estimate of drug-likeness (QED) is 0.366. The highest BCUT2D eigenvalue weighted by Gasteiger charge is 2.36. The van der Waals surface area contributed by atoms with Crippen molar-refractivity contribution < 1.29 is 32.6 Å². The number of benzene rings is 1. The molecule has 1 fully saturated rings. The first-order valence-corrected chi connectivity index (χ1v) is 12.5. The maximum atomic E-state index is 13.8. The Morgan fingerprint density at radius 2 is 1.82 bits per heavy atom. The van der Waals surface area contributed by atoms with Crippen molar-refractivity contribution in [2.75, 3.05) is 0 Å². The number of carboxylic acid groups (broad SMARTS) is 1. The van der Waals surface area contributed by atoms with Crippen LogP contribution in [0.15, 0.2) is 42.9 Å². The van der Waals surface area contributed by atoms with Crippen molar-refractivity contribution in [3.05, 3.63) is 65.1 Å². The molecule has 0 bridgehead atoms. The summed E-state index contributed by atoms with van der Waals surface area (Å²) >= 11 is 0. The number of rotatable bonds is 9. The Morgan fingerprint density at radius 3 is 2.45 bits per heavy atom. The molecule has 3 aromatic rings. The van der Waals surface area contributed by atoms with Crippen LogP contribution in [-0.2, 0) is 23.9 Å². The molecule has 0 spiro atoms. The number of ketones is 1. The number of ether oxygens (including phenoxy) is 1. The van der Waals surface area contributed by atoms with E-state index in [2.05, 4.69) is 22.1 Å². The molecule has 2 heterocycles. The third kappa shape index (κ3) is 6.38. The van der Waals surface area contributed by atoms with Gasteiger partial charge in [0.15, 0.2) is 0 Å². The van der Waals surface area contributed by atoms with E-state index in [1.807, 2.05) is 0 Å². The van der Waals surface area contributed by atoms with Gasteiger partial charge in [0, 0.05) is 18.0 Å². The van der Waals surface area contributed by atoms with Crippen LogP contribution < -0.4 is 4.74 Å². The first kappa shape index (κ1) is 27.3. The molecule has 1 aromatic carbocycles. The highest BCUT2D eigenvalue weighted by Crippen LogP contribution is 2.39. The Bertz CT molecular complexity index is 1290. The number of alkyl halides is 3. The molecule has 4 rings (SSSR count). The number of carboxylic acids is 1. The zero-order chi connectivity index (χ0) is 27.4. The van der Waals surface area contributed by atoms with Gasteiger partial charge in [0.2, 0.25) is 5.88 Å². The van der Waals surface area contributed by atoms with Gasteiger partial charge in [-0.25, -0.2) is 9.78 Å². The number of nitrogens with zero attached hydrogens (tertiary/aromatic N) is 4. The van der Waals surface area contributed by atoms with Crippen LogP contribution in [0.1, 0.15) is 72.5 Å². The van der Waals surface area contributed by atoms with E-state index < -0.39 is 29.5 Å². The third-order valence-electron chi connectivity index (χ3n) is 7.06. The first-order chi connectivity index (χ1) is 18.0. The summed E-state index contributed by atoms with van der Waals surface area (Å²) in [6.07, 6.45) is 3.13. The summed E-state index contributed by atoms with van der Waals surface area (Å²) in [5.74, 6) is -2.35. The maximum absolute atomic E-state index is 13.8. The second kappa shape index (κ2) is 11.3. The lowest BCUT2D eigenvalue weighted by Crippen LogP contribution is -2.25. The lowest BCUT2D eigenvalue weighted by atomic mass is 9.76. The van der Waals surface area contributed by atoms with E-state index in [1.165, 1.54) is 35.5 Å². The molecule has 0 saturated heterocycles. The van der Waals surface area contributed by atoms with Crippen LogP contribution in [0.5, 0.6) is 11.6 Å². The van der Waals surface area contributed by atoms with Crippen molar-refractivity contribution in [2.45, 2.75) is 64.6 Å². The van der Waals surface area contributed by atoms with Crippen LogP contribution >= 0.6 is 0 Å². The van der Waals surface area contributed by atoms with Gasteiger partial charge in [0.25, 0.3) is 0 Å². The zero-order valence-electron chi connectivity index (χ0n) is 21.1. The van der Waals surface area contributed by atoms with Gasteiger partial charge in [-0.1, -0.05) is 32.8 Å². The van der Waals surface area contributed by atoms with Crippen LogP contribution in [0.3, 0.4) is 0 Å². The van der Waals surface area contributed by atoms with E-state index in [1.54, 1.807) is 6.92 Å². The van der Waals surface area contributed by atoms with Crippen molar-refractivity contribution in [1.82, 2.24) is 20.0 Å². The zero-order valence-corrected chi connectivity index (χ0v) is 21.1. The Hall–Kier alpha value is -3.76. The highest BCUT2D eigenvalue weighted by molar-refractivity contribution is 5.95. The summed E-state index contributed by atoms with van der Waals surface area (Å²) in [5.41, 5.74) is -0.656. The van der Waals surface area contributed by atoms with E-state index in [4.69, 9.17) is 4.74 Å². The number of carbonyl (C=O) groups is 2. The summed E-state index contributed by atoms with van der Waals surface area (Å²) in [6, 6.07) is 4.90. The summed E-state index contributed by atoms with van der Waals surface area (Å²) in [4.78, 5) is 30.4. The first-order valence-electron chi connectivity index (χ1n) is 12.5. The molecule has 202 valence electrons. The van der Waals surface area contributed by atoms with Crippen molar-refractivity contribution in [1.29, 1.82) is 0 Å². The Kier molecular flexibility index (Phi) is 8.13. The monoisotopic (exact) mass is 530 g/mol. The smallest absolute Gasteiger partial charge is 0.421 e. The third-order valence-corrected chi connectivity index (χ3v) is 7.06. The lowest BCUT2D eigenvalue weighted by Gasteiger charge is -2.27. The molecule has 8 nitrogen and oxygen atoms in total. The van der Waals surface area contributed by atoms with Gasteiger partial charge in [0.1, 0.15) is 17.1 Å². The normalized spacial score (nSPS) is 18.7. The topological polar surface area (TPSA) is 107 Å². The van der Waals surface area contributed by atoms with Gasteiger partial charge in [-0.3, -0.25) is 4.79 Å². The van der Waals surface area contributed by atoms with Crippen molar-refractivity contribution in [3.63, 3.8) is 0 Å². The van der Waals surface area contributed by atoms with Crippen LogP contribution in [0.2, 0.25) is 0 Å². The second-order valence-corrected chi connectivity index (χ2v) is 9.81. The van der Waals surface area contributed by atoms with Gasteiger partial charge >= 0.3 is 12.1 Å². The molecule has 2 aromatic heterocycles. The van der Waals surface area contributed by atoms with Gasteiger partial charge in [0.05, 0.1) is 24.5 Å². The van der Waals surface area contributed by atoms with Gasteiger partial charge in [-0.05, 0) is 54.5 Å². The summed E-state index contributed by atoms with van der Waals surface area (Å²) < 4.78 is 46.9. The number of hydrogen-bond acceptors (Lipinski definition) is 6. The largest absolute Gasteiger partial charge is 0.478 e. The van der Waals surface area contributed by atoms with Crippen LogP contribution in [0.4, 0.5) is 13.2 Å². The highest BCUT2D eigenvalue weighted by atomic mass is 19.4. The van der Waals surface area contributed by atoms with E-state index in [9.17, 15) is 27.9 Å².